The number of carboxylic acid groups (broad SMARTS) is 1. The van der Waals surface area contributed by atoms with E-state index in [1.807, 2.05) is 0 Å². The maximum Gasteiger partial charge on any atom is 0.336 e. The summed E-state index contributed by atoms with van der Waals surface area (Å²) in [5, 5.41) is 8.84. The third-order valence-electron chi connectivity index (χ3n) is 1.73. The second kappa shape index (κ2) is 5.72. The Labute approximate surface area is 91.2 Å². The van der Waals surface area contributed by atoms with Crippen LogP contribution in [0.2, 0.25) is 0 Å². The fraction of sp³-hybridized carbons (Fsp3) is 0.300. The highest BCUT2D eigenvalue weighted by Crippen LogP contribution is 2.25. The van der Waals surface area contributed by atoms with Gasteiger partial charge in [-0.1, -0.05) is 6.07 Å². The first-order chi connectivity index (χ1) is 7.16. The topological polar surface area (TPSA) is 46.5 Å². The molecule has 1 rings (SSSR count). The molecule has 0 heterocycles. The lowest BCUT2D eigenvalue weighted by molar-refractivity contribution is 0.0692. The lowest BCUT2D eigenvalue weighted by Gasteiger charge is -2.06. The Morgan fingerprint density at radius 1 is 1.60 bits per heavy atom. The average Bonchev–Trinajstić information content (AvgIpc) is 2.20. The molecular formula is C10H11FO3S. The maximum absolute atomic E-state index is 13.3. The van der Waals surface area contributed by atoms with Gasteiger partial charge in [-0.2, -0.15) is 0 Å². The Hall–Kier alpha value is -1.07. The number of methoxy groups -OCH3 is 1. The Morgan fingerprint density at radius 2 is 2.33 bits per heavy atom. The first-order valence-electron chi connectivity index (χ1n) is 4.30. The van der Waals surface area contributed by atoms with Crippen molar-refractivity contribution < 1.29 is 19.0 Å². The van der Waals surface area contributed by atoms with E-state index in [0.29, 0.717) is 12.4 Å². The number of ether oxygens (including phenoxy) is 1. The molecule has 1 aromatic rings. The molecule has 1 N–H and O–H groups in total. The average molecular weight is 230 g/mol. The van der Waals surface area contributed by atoms with Gasteiger partial charge in [0.2, 0.25) is 0 Å². The number of hydrogen-bond donors (Lipinski definition) is 1. The van der Waals surface area contributed by atoms with Crippen molar-refractivity contribution in [2.24, 2.45) is 0 Å². The molecule has 0 bridgehead atoms. The van der Waals surface area contributed by atoms with Crippen LogP contribution in [0.4, 0.5) is 4.39 Å². The van der Waals surface area contributed by atoms with Crippen LogP contribution in [0, 0.1) is 5.82 Å². The van der Waals surface area contributed by atoms with E-state index < -0.39 is 11.8 Å². The van der Waals surface area contributed by atoms with Gasteiger partial charge in [-0.05, 0) is 12.1 Å². The molecule has 0 amide bonds. The van der Waals surface area contributed by atoms with E-state index in [-0.39, 0.29) is 10.5 Å². The molecule has 0 unspecified atom stereocenters. The summed E-state index contributed by atoms with van der Waals surface area (Å²) in [5.41, 5.74) is -0.00361. The number of carboxylic acids is 1. The summed E-state index contributed by atoms with van der Waals surface area (Å²) in [4.78, 5) is 11.0. The number of halogens is 1. The summed E-state index contributed by atoms with van der Waals surface area (Å²) >= 11 is 1.15. The van der Waals surface area contributed by atoms with Crippen LogP contribution in [0.25, 0.3) is 0 Å². The standard InChI is InChI=1S/C10H11FO3S/c1-14-5-6-15-9-7(10(12)13)3-2-4-8(9)11/h2-4H,5-6H2,1H3,(H,12,13). The predicted molar refractivity (Wildman–Crippen MR) is 56.0 cm³/mol. The second-order valence-corrected chi connectivity index (χ2v) is 3.87. The van der Waals surface area contributed by atoms with Gasteiger partial charge in [0.15, 0.2) is 0 Å². The number of carbonyl (C=O) groups is 1. The van der Waals surface area contributed by atoms with E-state index in [1.165, 1.54) is 18.2 Å². The molecule has 3 nitrogen and oxygen atoms in total. The molecule has 0 fully saturated rings. The van der Waals surface area contributed by atoms with Crippen molar-refractivity contribution in [3.8, 4) is 0 Å². The van der Waals surface area contributed by atoms with E-state index in [0.717, 1.165) is 11.8 Å². The van der Waals surface area contributed by atoms with E-state index in [2.05, 4.69) is 0 Å². The Morgan fingerprint density at radius 3 is 2.93 bits per heavy atom. The minimum atomic E-state index is -1.12. The Bertz CT molecular complexity index is 355. The van der Waals surface area contributed by atoms with Crippen LogP contribution < -0.4 is 0 Å². The van der Waals surface area contributed by atoms with Gasteiger partial charge in [0.05, 0.1) is 17.1 Å². The second-order valence-electron chi connectivity index (χ2n) is 2.76. The van der Waals surface area contributed by atoms with Crippen LogP contribution in [-0.4, -0.2) is 30.5 Å². The van der Waals surface area contributed by atoms with E-state index >= 15 is 0 Å². The summed E-state index contributed by atoms with van der Waals surface area (Å²) in [5.74, 6) is -1.09. The van der Waals surface area contributed by atoms with Gasteiger partial charge in [0, 0.05) is 12.9 Å². The van der Waals surface area contributed by atoms with E-state index in [4.69, 9.17) is 9.84 Å². The van der Waals surface area contributed by atoms with Crippen molar-refractivity contribution in [2.75, 3.05) is 19.5 Å². The van der Waals surface area contributed by atoms with Crippen LogP contribution in [0.5, 0.6) is 0 Å². The zero-order valence-electron chi connectivity index (χ0n) is 8.20. The Kier molecular flexibility index (Phi) is 4.58. The largest absolute Gasteiger partial charge is 0.478 e. The fourth-order valence-corrected chi connectivity index (χ4v) is 2.02. The molecule has 0 atom stereocenters. The highest BCUT2D eigenvalue weighted by atomic mass is 32.2. The molecule has 0 aliphatic carbocycles. The normalized spacial score (nSPS) is 10.3. The molecule has 0 saturated carbocycles. The van der Waals surface area contributed by atoms with Crippen LogP contribution in [-0.2, 0) is 4.74 Å². The molecule has 0 radical (unpaired) electrons. The lowest BCUT2D eigenvalue weighted by Crippen LogP contribution is -2.02. The molecule has 0 spiro atoms. The van der Waals surface area contributed by atoms with Gasteiger partial charge >= 0.3 is 5.97 Å². The summed E-state index contributed by atoms with van der Waals surface area (Å²) in [6.07, 6.45) is 0. The summed E-state index contributed by atoms with van der Waals surface area (Å²) in [6, 6.07) is 4.03. The van der Waals surface area contributed by atoms with Gasteiger partial charge in [0.25, 0.3) is 0 Å². The minimum absolute atomic E-state index is 0.00361. The quantitative estimate of drug-likeness (QED) is 0.622. The van der Waals surface area contributed by atoms with Crippen molar-refractivity contribution in [3.05, 3.63) is 29.6 Å². The maximum atomic E-state index is 13.3. The van der Waals surface area contributed by atoms with Crippen LogP contribution in [0.3, 0.4) is 0 Å². The summed E-state index contributed by atoms with van der Waals surface area (Å²) in [6.45, 7) is 0.456. The summed E-state index contributed by atoms with van der Waals surface area (Å²) in [7, 11) is 1.54. The van der Waals surface area contributed by atoms with Crippen LogP contribution in [0.15, 0.2) is 23.1 Å². The molecule has 0 aromatic heterocycles. The highest BCUT2D eigenvalue weighted by Gasteiger charge is 2.13. The SMILES string of the molecule is COCCSc1c(F)cccc1C(=O)O. The number of rotatable bonds is 5. The van der Waals surface area contributed by atoms with Crippen molar-refractivity contribution in [3.63, 3.8) is 0 Å². The number of aromatic carboxylic acids is 1. The van der Waals surface area contributed by atoms with E-state index in [9.17, 15) is 9.18 Å². The van der Waals surface area contributed by atoms with Gasteiger partial charge in [0.1, 0.15) is 5.82 Å². The molecular weight excluding hydrogens is 219 g/mol. The van der Waals surface area contributed by atoms with Crippen molar-refractivity contribution in [2.45, 2.75) is 4.90 Å². The molecule has 0 aliphatic rings. The third kappa shape index (κ3) is 3.21. The minimum Gasteiger partial charge on any atom is -0.478 e. The zero-order chi connectivity index (χ0) is 11.3. The molecule has 0 saturated heterocycles. The van der Waals surface area contributed by atoms with Crippen molar-refractivity contribution in [1.82, 2.24) is 0 Å². The van der Waals surface area contributed by atoms with Crippen molar-refractivity contribution in [1.29, 1.82) is 0 Å². The third-order valence-corrected chi connectivity index (χ3v) is 2.81. The highest BCUT2D eigenvalue weighted by molar-refractivity contribution is 7.99. The molecule has 15 heavy (non-hydrogen) atoms. The monoisotopic (exact) mass is 230 g/mol. The zero-order valence-corrected chi connectivity index (χ0v) is 9.01. The first kappa shape index (κ1) is 12.0. The van der Waals surface area contributed by atoms with Gasteiger partial charge in [-0.3, -0.25) is 0 Å². The number of benzene rings is 1. The van der Waals surface area contributed by atoms with Crippen molar-refractivity contribution >= 4 is 17.7 Å². The summed E-state index contributed by atoms with van der Waals surface area (Å²) < 4.78 is 18.1. The van der Waals surface area contributed by atoms with Crippen LogP contribution in [0.1, 0.15) is 10.4 Å². The molecule has 82 valence electrons. The molecule has 1 aromatic carbocycles. The van der Waals surface area contributed by atoms with E-state index in [1.54, 1.807) is 7.11 Å². The fourth-order valence-electron chi connectivity index (χ4n) is 1.05. The number of thioether (sulfide) groups is 1. The molecule has 5 heteroatoms. The van der Waals surface area contributed by atoms with Crippen LogP contribution >= 0.6 is 11.8 Å². The number of hydrogen-bond acceptors (Lipinski definition) is 3. The Balaban J connectivity index is 2.87. The first-order valence-corrected chi connectivity index (χ1v) is 5.29. The van der Waals surface area contributed by atoms with Gasteiger partial charge in [-0.15, -0.1) is 11.8 Å². The van der Waals surface area contributed by atoms with Gasteiger partial charge < -0.3 is 9.84 Å². The predicted octanol–water partition coefficient (Wildman–Crippen LogP) is 2.26. The smallest absolute Gasteiger partial charge is 0.336 e. The van der Waals surface area contributed by atoms with Gasteiger partial charge in [-0.25, -0.2) is 9.18 Å². The lowest BCUT2D eigenvalue weighted by atomic mass is 10.2. The molecule has 0 aliphatic heterocycles.